The molecule has 0 bridgehead atoms. The zero-order chi connectivity index (χ0) is 13.2. The fourth-order valence-corrected chi connectivity index (χ4v) is 2.85. The third kappa shape index (κ3) is 2.89. The maximum Gasteiger partial charge on any atom is 0.192 e. The molecule has 0 saturated carbocycles. The van der Waals surface area contributed by atoms with Gasteiger partial charge in [-0.3, -0.25) is 0 Å². The van der Waals surface area contributed by atoms with Gasteiger partial charge in [0.05, 0.1) is 0 Å². The normalized spacial score (nSPS) is 20.8. The molecule has 1 aliphatic rings. The maximum absolute atomic E-state index is 5.49. The van der Waals surface area contributed by atoms with Crippen LogP contribution in [0.3, 0.4) is 0 Å². The van der Waals surface area contributed by atoms with E-state index in [2.05, 4.69) is 34.4 Å². The average Bonchev–Trinajstić information content (AvgIpc) is 2.75. The molecule has 2 aromatic rings. The Morgan fingerprint density at radius 1 is 1.47 bits per heavy atom. The predicted octanol–water partition coefficient (Wildman–Crippen LogP) is 2.89. The molecule has 1 aromatic heterocycles. The highest BCUT2D eigenvalue weighted by Crippen LogP contribution is 2.21. The van der Waals surface area contributed by atoms with Gasteiger partial charge in [0.15, 0.2) is 11.5 Å². The predicted molar refractivity (Wildman–Crippen MR) is 77.5 cm³/mol. The van der Waals surface area contributed by atoms with Gasteiger partial charge < -0.3 is 14.6 Å². The Kier molecular flexibility index (Phi) is 3.42. The zero-order valence-electron chi connectivity index (χ0n) is 11.6. The van der Waals surface area contributed by atoms with Crippen LogP contribution < -0.4 is 5.32 Å². The average molecular weight is 259 g/mol. The van der Waals surface area contributed by atoms with Gasteiger partial charge in [-0.2, -0.15) is 0 Å². The van der Waals surface area contributed by atoms with Crippen LogP contribution in [0.15, 0.2) is 22.6 Å². The van der Waals surface area contributed by atoms with Gasteiger partial charge in [-0.15, -0.1) is 0 Å². The van der Waals surface area contributed by atoms with E-state index in [9.17, 15) is 0 Å². The number of rotatable bonds is 3. The minimum Gasteiger partial charge on any atom is -0.441 e. The molecule has 3 rings (SSSR count). The van der Waals surface area contributed by atoms with Crippen molar-refractivity contribution in [2.24, 2.45) is 5.92 Å². The first kappa shape index (κ1) is 12.5. The van der Waals surface area contributed by atoms with Gasteiger partial charge in [-0.05, 0) is 50.6 Å². The Morgan fingerprint density at radius 3 is 3.21 bits per heavy atom. The lowest BCUT2D eigenvalue weighted by Gasteiger charge is -2.29. The summed E-state index contributed by atoms with van der Waals surface area (Å²) < 4.78 is 5.49. The quantitative estimate of drug-likeness (QED) is 0.920. The highest BCUT2D eigenvalue weighted by atomic mass is 16.3. The van der Waals surface area contributed by atoms with E-state index in [4.69, 9.17) is 4.42 Å². The van der Waals surface area contributed by atoms with Gasteiger partial charge in [0.2, 0.25) is 0 Å². The number of benzene rings is 1. The van der Waals surface area contributed by atoms with Crippen LogP contribution in [0.1, 0.15) is 18.7 Å². The van der Waals surface area contributed by atoms with Crippen molar-refractivity contribution in [2.75, 3.05) is 32.0 Å². The van der Waals surface area contributed by atoms with Crippen molar-refractivity contribution in [1.29, 1.82) is 0 Å². The molecule has 1 atom stereocenters. The molecule has 2 heterocycles. The van der Waals surface area contributed by atoms with E-state index in [1.54, 1.807) is 0 Å². The molecule has 1 aromatic carbocycles. The molecular weight excluding hydrogens is 238 g/mol. The number of aryl methyl sites for hydroxylation is 1. The van der Waals surface area contributed by atoms with E-state index < -0.39 is 0 Å². The second-order valence-electron chi connectivity index (χ2n) is 5.57. The van der Waals surface area contributed by atoms with Crippen LogP contribution in [0.4, 0.5) is 5.69 Å². The van der Waals surface area contributed by atoms with Crippen molar-refractivity contribution in [3.05, 3.63) is 24.1 Å². The second-order valence-corrected chi connectivity index (χ2v) is 5.57. The minimum atomic E-state index is 0.723. The standard InChI is InChI=1S/C15H21N3O/c1-11-17-14-8-13(5-6-15(14)19-11)16-9-12-4-3-7-18(2)10-12/h5-6,8,12,16H,3-4,7,9-10H2,1-2H3. The van der Waals surface area contributed by atoms with Crippen LogP contribution >= 0.6 is 0 Å². The van der Waals surface area contributed by atoms with Crippen LogP contribution in [0.2, 0.25) is 0 Å². The summed E-state index contributed by atoms with van der Waals surface area (Å²) in [7, 11) is 2.20. The Balaban J connectivity index is 1.64. The summed E-state index contributed by atoms with van der Waals surface area (Å²) in [5.41, 5.74) is 2.93. The van der Waals surface area contributed by atoms with Crippen molar-refractivity contribution >= 4 is 16.8 Å². The Labute approximate surface area is 113 Å². The first-order valence-electron chi connectivity index (χ1n) is 7.00. The number of likely N-dealkylation sites (tertiary alicyclic amines) is 1. The third-order valence-electron chi connectivity index (χ3n) is 3.81. The van der Waals surface area contributed by atoms with Gasteiger partial charge in [0, 0.05) is 25.7 Å². The largest absolute Gasteiger partial charge is 0.441 e. The number of oxazole rings is 1. The molecule has 1 unspecified atom stereocenters. The molecule has 0 radical (unpaired) electrons. The summed E-state index contributed by atoms with van der Waals surface area (Å²) in [4.78, 5) is 6.78. The molecule has 1 aliphatic heterocycles. The number of anilines is 1. The van der Waals surface area contributed by atoms with E-state index in [-0.39, 0.29) is 0 Å². The smallest absolute Gasteiger partial charge is 0.192 e. The van der Waals surface area contributed by atoms with Crippen LogP contribution in [0, 0.1) is 12.8 Å². The summed E-state index contributed by atoms with van der Waals surface area (Å²) in [5.74, 6) is 1.47. The minimum absolute atomic E-state index is 0.723. The number of fused-ring (bicyclic) bond motifs is 1. The van der Waals surface area contributed by atoms with Gasteiger partial charge >= 0.3 is 0 Å². The van der Waals surface area contributed by atoms with Crippen molar-refractivity contribution in [3.8, 4) is 0 Å². The van der Waals surface area contributed by atoms with Crippen LogP contribution in [-0.4, -0.2) is 36.6 Å². The molecular formula is C15H21N3O. The Bertz CT molecular complexity index is 564. The topological polar surface area (TPSA) is 41.3 Å². The van der Waals surface area contributed by atoms with Crippen LogP contribution in [0.5, 0.6) is 0 Å². The number of hydrogen-bond acceptors (Lipinski definition) is 4. The monoisotopic (exact) mass is 259 g/mol. The third-order valence-corrected chi connectivity index (χ3v) is 3.81. The van der Waals surface area contributed by atoms with Crippen LogP contribution in [-0.2, 0) is 0 Å². The van der Waals surface area contributed by atoms with E-state index in [1.165, 1.54) is 25.9 Å². The van der Waals surface area contributed by atoms with Crippen molar-refractivity contribution in [2.45, 2.75) is 19.8 Å². The molecule has 0 amide bonds. The number of piperidine rings is 1. The van der Waals surface area contributed by atoms with Gasteiger partial charge in [-0.25, -0.2) is 4.98 Å². The summed E-state index contributed by atoms with van der Waals surface area (Å²) >= 11 is 0. The van der Waals surface area contributed by atoms with E-state index >= 15 is 0 Å². The van der Waals surface area contributed by atoms with E-state index in [1.807, 2.05) is 13.0 Å². The SMILES string of the molecule is Cc1nc2cc(NCC3CCCN(C)C3)ccc2o1. The van der Waals surface area contributed by atoms with Gasteiger partial charge in [0.1, 0.15) is 5.52 Å². The molecule has 102 valence electrons. The molecule has 1 fully saturated rings. The lowest BCUT2D eigenvalue weighted by Crippen LogP contribution is -2.35. The maximum atomic E-state index is 5.49. The van der Waals surface area contributed by atoms with Crippen molar-refractivity contribution in [1.82, 2.24) is 9.88 Å². The van der Waals surface area contributed by atoms with Gasteiger partial charge in [0.25, 0.3) is 0 Å². The molecule has 19 heavy (non-hydrogen) atoms. The zero-order valence-corrected chi connectivity index (χ0v) is 11.6. The number of nitrogens with one attached hydrogen (secondary N) is 1. The van der Waals surface area contributed by atoms with E-state index in [0.717, 1.165) is 35.1 Å². The summed E-state index contributed by atoms with van der Waals surface area (Å²) in [6, 6.07) is 6.13. The Hall–Kier alpha value is -1.55. The summed E-state index contributed by atoms with van der Waals surface area (Å²) in [6.45, 7) is 5.34. The molecule has 1 N–H and O–H groups in total. The lowest BCUT2D eigenvalue weighted by atomic mass is 9.98. The summed E-state index contributed by atoms with van der Waals surface area (Å²) in [5, 5.41) is 3.53. The van der Waals surface area contributed by atoms with E-state index in [0.29, 0.717) is 0 Å². The van der Waals surface area contributed by atoms with Crippen molar-refractivity contribution < 1.29 is 4.42 Å². The number of nitrogens with zero attached hydrogens (tertiary/aromatic N) is 2. The fraction of sp³-hybridized carbons (Fsp3) is 0.533. The number of hydrogen-bond donors (Lipinski definition) is 1. The molecule has 0 aliphatic carbocycles. The molecule has 1 saturated heterocycles. The number of aromatic nitrogens is 1. The lowest BCUT2D eigenvalue weighted by molar-refractivity contribution is 0.217. The van der Waals surface area contributed by atoms with Crippen molar-refractivity contribution in [3.63, 3.8) is 0 Å². The highest BCUT2D eigenvalue weighted by molar-refractivity contribution is 5.77. The first-order chi connectivity index (χ1) is 9.20. The second kappa shape index (κ2) is 5.21. The highest BCUT2D eigenvalue weighted by Gasteiger charge is 2.16. The molecule has 0 spiro atoms. The Morgan fingerprint density at radius 2 is 2.37 bits per heavy atom. The fourth-order valence-electron chi connectivity index (χ4n) is 2.85. The van der Waals surface area contributed by atoms with Gasteiger partial charge in [-0.1, -0.05) is 0 Å². The molecule has 4 heteroatoms. The summed E-state index contributed by atoms with van der Waals surface area (Å²) in [6.07, 6.45) is 2.63. The first-order valence-corrected chi connectivity index (χ1v) is 7.00. The molecule has 4 nitrogen and oxygen atoms in total. The van der Waals surface area contributed by atoms with Crippen LogP contribution in [0.25, 0.3) is 11.1 Å².